The van der Waals surface area contributed by atoms with Gasteiger partial charge in [-0.25, -0.2) is 0 Å². The zero-order chi connectivity index (χ0) is 5.86. The van der Waals surface area contributed by atoms with Gasteiger partial charge in [0, 0.05) is 5.25 Å². The molecule has 1 unspecified atom stereocenters. The second-order valence-electron chi connectivity index (χ2n) is 2.22. The molecule has 0 radical (unpaired) electrons. The van der Waals surface area contributed by atoms with E-state index in [9.17, 15) is 0 Å². The summed E-state index contributed by atoms with van der Waals surface area (Å²) in [6, 6.07) is 0. The summed E-state index contributed by atoms with van der Waals surface area (Å²) in [6.07, 6.45) is 1.18. The van der Waals surface area contributed by atoms with E-state index in [1.165, 1.54) is 6.42 Å². The van der Waals surface area contributed by atoms with Crippen molar-refractivity contribution in [2.45, 2.75) is 32.4 Å². The van der Waals surface area contributed by atoms with Crippen LogP contribution in [-0.2, 0) is 0 Å². The molecule has 0 aromatic rings. The number of hydrogen-bond donors (Lipinski definition) is 1. The molecule has 0 fully saturated rings. The van der Waals surface area contributed by atoms with E-state index in [-0.39, 0.29) is 0 Å². The van der Waals surface area contributed by atoms with E-state index in [1.807, 2.05) is 0 Å². The monoisotopic (exact) mass is 118 g/mol. The minimum absolute atomic E-state index is 0.597. The Bertz CT molecular complexity index is 41.4. The minimum atomic E-state index is 0.597. The maximum Gasteiger partial charge on any atom is 0.00372 e. The molecule has 0 nitrogen and oxygen atoms in total. The summed E-state index contributed by atoms with van der Waals surface area (Å²) >= 11 is 4.32. The van der Waals surface area contributed by atoms with Crippen molar-refractivity contribution >= 4 is 12.6 Å². The second-order valence-corrected chi connectivity index (χ2v) is 2.88. The third-order valence-electron chi connectivity index (χ3n) is 1.19. The highest BCUT2D eigenvalue weighted by molar-refractivity contribution is 7.80. The molecule has 0 aliphatic carbocycles. The van der Waals surface area contributed by atoms with E-state index in [2.05, 4.69) is 33.4 Å². The SMILES string of the molecule is CCC(S)C(C)C. The molecule has 0 N–H and O–H groups in total. The van der Waals surface area contributed by atoms with Crippen LogP contribution in [0.1, 0.15) is 27.2 Å². The van der Waals surface area contributed by atoms with E-state index in [4.69, 9.17) is 0 Å². The van der Waals surface area contributed by atoms with Gasteiger partial charge in [0.05, 0.1) is 0 Å². The van der Waals surface area contributed by atoms with Crippen LogP contribution in [0, 0.1) is 5.92 Å². The van der Waals surface area contributed by atoms with Crippen LogP contribution in [0.3, 0.4) is 0 Å². The first-order valence-corrected chi connectivity index (χ1v) is 3.38. The van der Waals surface area contributed by atoms with Crippen molar-refractivity contribution in [1.29, 1.82) is 0 Å². The number of hydrogen-bond acceptors (Lipinski definition) is 1. The highest BCUT2D eigenvalue weighted by Crippen LogP contribution is 2.10. The minimum Gasteiger partial charge on any atom is -0.176 e. The summed E-state index contributed by atoms with van der Waals surface area (Å²) in [5.41, 5.74) is 0. The van der Waals surface area contributed by atoms with E-state index in [0.717, 1.165) is 5.92 Å². The van der Waals surface area contributed by atoms with Crippen molar-refractivity contribution in [3.63, 3.8) is 0 Å². The summed E-state index contributed by atoms with van der Waals surface area (Å²) in [5, 5.41) is 0.597. The van der Waals surface area contributed by atoms with Crippen molar-refractivity contribution in [2.24, 2.45) is 5.92 Å². The molecule has 0 aromatic carbocycles. The van der Waals surface area contributed by atoms with Gasteiger partial charge in [-0.3, -0.25) is 0 Å². The molecule has 0 heterocycles. The molecule has 0 saturated heterocycles. The maximum atomic E-state index is 4.32. The molecular weight excluding hydrogens is 104 g/mol. The van der Waals surface area contributed by atoms with E-state index in [0.29, 0.717) is 5.25 Å². The number of rotatable bonds is 2. The van der Waals surface area contributed by atoms with Crippen LogP contribution in [0.25, 0.3) is 0 Å². The number of thiol groups is 1. The highest BCUT2D eigenvalue weighted by Gasteiger charge is 2.02. The molecule has 0 spiro atoms. The van der Waals surface area contributed by atoms with E-state index in [1.54, 1.807) is 0 Å². The first-order valence-electron chi connectivity index (χ1n) is 2.86. The topological polar surface area (TPSA) is 0 Å². The van der Waals surface area contributed by atoms with Crippen LogP contribution in [0.5, 0.6) is 0 Å². The predicted molar refractivity (Wildman–Crippen MR) is 37.9 cm³/mol. The summed E-state index contributed by atoms with van der Waals surface area (Å²) in [6.45, 7) is 6.56. The van der Waals surface area contributed by atoms with Crippen LogP contribution in [0.2, 0.25) is 0 Å². The fourth-order valence-corrected chi connectivity index (χ4v) is 0.471. The lowest BCUT2D eigenvalue weighted by molar-refractivity contribution is 0.597. The molecule has 0 bridgehead atoms. The molecule has 0 aliphatic heterocycles. The standard InChI is InChI=1S/C6H14S/c1-4-6(7)5(2)3/h5-7H,4H2,1-3H3. The Morgan fingerprint density at radius 1 is 1.43 bits per heavy atom. The zero-order valence-corrected chi connectivity index (χ0v) is 6.20. The van der Waals surface area contributed by atoms with E-state index < -0.39 is 0 Å². The maximum absolute atomic E-state index is 4.32. The van der Waals surface area contributed by atoms with Crippen LogP contribution >= 0.6 is 12.6 Å². The first kappa shape index (κ1) is 7.35. The Kier molecular flexibility index (Phi) is 3.53. The van der Waals surface area contributed by atoms with E-state index >= 15 is 0 Å². The van der Waals surface area contributed by atoms with Gasteiger partial charge >= 0.3 is 0 Å². The van der Waals surface area contributed by atoms with Crippen molar-refractivity contribution in [3.05, 3.63) is 0 Å². The third-order valence-corrected chi connectivity index (χ3v) is 2.15. The fraction of sp³-hybridized carbons (Fsp3) is 1.00. The summed E-state index contributed by atoms with van der Waals surface area (Å²) < 4.78 is 0. The summed E-state index contributed by atoms with van der Waals surface area (Å²) in [7, 11) is 0. The molecule has 0 amide bonds. The lowest BCUT2D eigenvalue weighted by atomic mass is 10.1. The Hall–Kier alpha value is 0.350. The summed E-state index contributed by atoms with van der Waals surface area (Å²) in [5.74, 6) is 0.730. The van der Waals surface area contributed by atoms with Crippen LogP contribution in [-0.4, -0.2) is 5.25 Å². The van der Waals surface area contributed by atoms with Crippen molar-refractivity contribution < 1.29 is 0 Å². The van der Waals surface area contributed by atoms with Crippen molar-refractivity contribution in [1.82, 2.24) is 0 Å². The van der Waals surface area contributed by atoms with Gasteiger partial charge < -0.3 is 0 Å². The van der Waals surface area contributed by atoms with Crippen LogP contribution < -0.4 is 0 Å². The van der Waals surface area contributed by atoms with Crippen LogP contribution in [0.15, 0.2) is 0 Å². The largest absolute Gasteiger partial charge is 0.176 e. The van der Waals surface area contributed by atoms with Crippen LogP contribution in [0.4, 0.5) is 0 Å². The zero-order valence-electron chi connectivity index (χ0n) is 5.31. The molecule has 0 saturated carbocycles. The Morgan fingerprint density at radius 2 is 1.86 bits per heavy atom. The Labute approximate surface area is 51.7 Å². The second kappa shape index (κ2) is 3.36. The van der Waals surface area contributed by atoms with Crippen molar-refractivity contribution in [3.8, 4) is 0 Å². The Morgan fingerprint density at radius 3 is 1.86 bits per heavy atom. The van der Waals surface area contributed by atoms with Gasteiger partial charge in [0.25, 0.3) is 0 Å². The fourth-order valence-electron chi connectivity index (χ4n) is 0.471. The first-order chi connectivity index (χ1) is 3.18. The average Bonchev–Trinajstić information content (AvgIpc) is 1.65. The van der Waals surface area contributed by atoms with Gasteiger partial charge in [0.1, 0.15) is 0 Å². The highest BCUT2D eigenvalue weighted by atomic mass is 32.1. The lowest BCUT2D eigenvalue weighted by Crippen LogP contribution is -2.04. The third kappa shape index (κ3) is 2.98. The smallest absolute Gasteiger partial charge is 0.00372 e. The Balaban J connectivity index is 3.14. The summed E-state index contributed by atoms with van der Waals surface area (Å²) in [4.78, 5) is 0. The molecule has 7 heavy (non-hydrogen) atoms. The average molecular weight is 118 g/mol. The molecule has 0 aliphatic rings. The normalized spacial score (nSPS) is 15.0. The molecule has 0 rings (SSSR count). The van der Waals surface area contributed by atoms with Gasteiger partial charge in [-0.2, -0.15) is 12.6 Å². The molecule has 1 atom stereocenters. The molecular formula is C6H14S. The van der Waals surface area contributed by atoms with Gasteiger partial charge in [0.2, 0.25) is 0 Å². The van der Waals surface area contributed by atoms with Gasteiger partial charge in [-0.15, -0.1) is 0 Å². The van der Waals surface area contributed by atoms with Gasteiger partial charge in [-0.1, -0.05) is 20.8 Å². The van der Waals surface area contributed by atoms with Crippen molar-refractivity contribution in [2.75, 3.05) is 0 Å². The van der Waals surface area contributed by atoms with Gasteiger partial charge in [-0.05, 0) is 12.3 Å². The quantitative estimate of drug-likeness (QED) is 0.529. The molecule has 0 aromatic heterocycles. The molecule has 1 heteroatoms. The molecule has 44 valence electrons. The predicted octanol–water partition coefficient (Wildman–Crippen LogP) is 2.35. The van der Waals surface area contributed by atoms with Gasteiger partial charge in [0.15, 0.2) is 0 Å². The lowest BCUT2D eigenvalue weighted by Gasteiger charge is -2.09.